The maximum atomic E-state index is 11.1. The Morgan fingerprint density at radius 2 is 1.67 bits per heavy atom. The third-order valence-electron chi connectivity index (χ3n) is 3.33. The highest BCUT2D eigenvalue weighted by Crippen LogP contribution is 2.39. The van der Waals surface area contributed by atoms with Gasteiger partial charge >= 0.3 is 0 Å². The van der Waals surface area contributed by atoms with Gasteiger partial charge in [-0.05, 0) is 43.9 Å². The number of hydrogen-bond acceptors (Lipinski definition) is 4. The van der Waals surface area contributed by atoms with E-state index in [9.17, 15) is 5.11 Å². The number of nitrogens with zero attached hydrogens (tertiary/aromatic N) is 1. The van der Waals surface area contributed by atoms with E-state index in [1.54, 1.807) is 22.7 Å². The van der Waals surface area contributed by atoms with Crippen molar-refractivity contribution in [1.29, 1.82) is 0 Å². The minimum absolute atomic E-state index is 0.319. The summed E-state index contributed by atoms with van der Waals surface area (Å²) in [6, 6.07) is 8.36. The van der Waals surface area contributed by atoms with E-state index in [1.807, 2.05) is 49.1 Å². The van der Waals surface area contributed by atoms with Crippen LogP contribution in [0.25, 0.3) is 0 Å². The highest BCUT2D eigenvalue weighted by molar-refractivity contribution is 7.11. The average molecular weight is 281 g/mol. The first-order valence-corrected chi connectivity index (χ1v) is 7.77. The second-order valence-corrected chi connectivity index (χ2v) is 6.73. The molecule has 0 fully saturated rings. The van der Waals surface area contributed by atoms with E-state index in [1.165, 1.54) is 0 Å². The highest BCUT2D eigenvalue weighted by atomic mass is 32.1. The molecular weight excluding hydrogens is 262 g/mol. The van der Waals surface area contributed by atoms with Crippen LogP contribution >= 0.6 is 22.7 Å². The molecule has 0 aliphatic rings. The number of rotatable bonds is 5. The van der Waals surface area contributed by atoms with Crippen LogP contribution in [0.1, 0.15) is 23.1 Å². The van der Waals surface area contributed by atoms with Crippen LogP contribution < -0.4 is 0 Å². The zero-order chi connectivity index (χ0) is 13.2. The first-order chi connectivity index (χ1) is 8.54. The molecule has 4 heteroatoms. The molecule has 0 bridgehead atoms. The molecule has 0 amide bonds. The summed E-state index contributed by atoms with van der Waals surface area (Å²) in [5.41, 5.74) is -0.855. The van der Waals surface area contributed by atoms with Gasteiger partial charge in [-0.1, -0.05) is 12.1 Å². The second-order valence-electron chi connectivity index (χ2n) is 4.83. The van der Waals surface area contributed by atoms with Crippen molar-refractivity contribution in [3.63, 3.8) is 0 Å². The molecule has 0 unspecified atom stereocenters. The summed E-state index contributed by atoms with van der Waals surface area (Å²) in [5.74, 6) is 0. The predicted octanol–water partition coefficient (Wildman–Crippen LogP) is 3.39. The first-order valence-electron chi connectivity index (χ1n) is 6.01. The van der Waals surface area contributed by atoms with Crippen LogP contribution in [0, 0.1) is 0 Å². The summed E-state index contributed by atoms with van der Waals surface area (Å²) in [7, 11) is 4.10. The van der Waals surface area contributed by atoms with Crippen molar-refractivity contribution in [3.05, 3.63) is 44.8 Å². The zero-order valence-electron chi connectivity index (χ0n) is 11.0. The quantitative estimate of drug-likeness (QED) is 0.908. The van der Waals surface area contributed by atoms with Gasteiger partial charge in [0.15, 0.2) is 0 Å². The molecule has 2 heterocycles. The minimum atomic E-state index is -0.855. The van der Waals surface area contributed by atoms with Gasteiger partial charge in [0, 0.05) is 22.2 Å². The first kappa shape index (κ1) is 13.7. The number of thiophene rings is 2. The number of hydrogen-bond donors (Lipinski definition) is 1. The lowest BCUT2D eigenvalue weighted by Gasteiger charge is -2.32. The molecule has 0 aliphatic heterocycles. The van der Waals surface area contributed by atoms with E-state index in [-0.39, 0.29) is 0 Å². The van der Waals surface area contributed by atoms with Crippen molar-refractivity contribution in [1.82, 2.24) is 4.90 Å². The van der Waals surface area contributed by atoms with Crippen molar-refractivity contribution < 1.29 is 5.11 Å². The number of aliphatic hydroxyl groups is 1. The van der Waals surface area contributed by atoms with Gasteiger partial charge < -0.3 is 10.0 Å². The van der Waals surface area contributed by atoms with E-state index < -0.39 is 5.60 Å². The lowest BCUT2D eigenvalue weighted by molar-refractivity contribution is 0.0531. The maximum Gasteiger partial charge on any atom is 0.134 e. The van der Waals surface area contributed by atoms with Gasteiger partial charge in [0.25, 0.3) is 0 Å². The van der Waals surface area contributed by atoms with Gasteiger partial charge in [-0.3, -0.25) is 0 Å². The Morgan fingerprint density at radius 1 is 1.17 bits per heavy atom. The normalized spacial score (nSPS) is 14.1. The van der Waals surface area contributed by atoms with Gasteiger partial charge in [0.1, 0.15) is 5.60 Å². The fraction of sp³-hybridized carbons (Fsp3) is 0.429. The molecule has 98 valence electrons. The monoisotopic (exact) mass is 281 g/mol. The van der Waals surface area contributed by atoms with Crippen LogP contribution in [0.15, 0.2) is 35.0 Å². The topological polar surface area (TPSA) is 23.5 Å². The van der Waals surface area contributed by atoms with Crippen molar-refractivity contribution in [2.24, 2.45) is 0 Å². The smallest absolute Gasteiger partial charge is 0.134 e. The largest absolute Gasteiger partial charge is 0.379 e. The van der Waals surface area contributed by atoms with E-state index in [4.69, 9.17) is 0 Å². The van der Waals surface area contributed by atoms with Gasteiger partial charge in [-0.15, -0.1) is 22.7 Å². The lowest BCUT2D eigenvalue weighted by Crippen LogP contribution is -2.35. The Bertz CT molecular complexity index is 428. The van der Waals surface area contributed by atoms with Gasteiger partial charge in [-0.2, -0.15) is 0 Å². The fourth-order valence-corrected chi connectivity index (χ4v) is 3.72. The van der Waals surface area contributed by atoms with Crippen molar-refractivity contribution in [3.8, 4) is 0 Å². The molecule has 2 rings (SSSR count). The molecule has 0 aliphatic carbocycles. The average Bonchev–Trinajstić information content (AvgIpc) is 3.02. The predicted molar refractivity (Wildman–Crippen MR) is 79.4 cm³/mol. The van der Waals surface area contributed by atoms with Gasteiger partial charge in [0.05, 0.1) is 0 Å². The molecule has 0 saturated heterocycles. The van der Waals surface area contributed by atoms with E-state index in [0.29, 0.717) is 12.5 Å². The second kappa shape index (κ2) is 5.53. The molecule has 0 radical (unpaired) electrons. The molecule has 2 nitrogen and oxygen atoms in total. The SMILES string of the molecule is C[C@H](CC(O)(c1cccs1)c1cccs1)N(C)C. The standard InChI is InChI=1S/C14H19NOS2/c1-11(15(2)3)10-14(16,12-6-4-8-17-12)13-7-5-9-18-13/h4-9,11,16H,10H2,1-3H3/t11-/m1/s1. The maximum absolute atomic E-state index is 11.1. The summed E-state index contributed by atoms with van der Waals surface area (Å²) in [4.78, 5) is 4.20. The van der Waals surface area contributed by atoms with Gasteiger partial charge in [0.2, 0.25) is 0 Å². The molecular formula is C14H19NOS2. The van der Waals surface area contributed by atoms with Crippen molar-refractivity contribution in [2.45, 2.75) is 25.0 Å². The third-order valence-corrected chi connectivity index (χ3v) is 5.37. The summed E-state index contributed by atoms with van der Waals surface area (Å²) in [6.07, 6.45) is 0.709. The molecule has 2 aromatic heterocycles. The van der Waals surface area contributed by atoms with E-state index in [0.717, 1.165) is 9.75 Å². The Kier molecular flexibility index (Phi) is 4.22. The molecule has 1 N–H and O–H groups in total. The molecule has 2 aromatic rings. The fourth-order valence-electron chi connectivity index (χ4n) is 1.96. The Morgan fingerprint density at radius 3 is 2.00 bits per heavy atom. The Labute approximate surface area is 117 Å². The van der Waals surface area contributed by atoms with Crippen molar-refractivity contribution >= 4 is 22.7 Å². The lowest BCUT2D eigenvalue weighted by atomic mass is 9.91. The van der Waals surface area contributed by atoms with E-state index in [2.05, 4.69) is 11.8 Å². The molecule has 1 atom stereocenters. The zero-order valence-corrected chi connectivity index (χ0v) is 12.6. The van der Waals surface area contributed by atoms with Crippen LogP contribution in [-0.4, -0.2) is 30.1 Å². The molecule has 18 heavy (non-hydrogen) atoms. The molecule has 0 saturated carbocycles. The van der Waals surface area contributed by atoms with Crippen molar-refractivity contribution in [2.75, 3.05) is 14.1 Å². The van der Waals surface area contributed by atoms with Crippen LogP contribution in [0.4, 0.5) is 0 Å². The molecule has 0 aromatic carbocycles. The Hall–Kier alpha value is -0.680. The van der Waals surface area contributed by atoms with Gasteiger partial charge in [-0.25, -0.2) is 0 Å². The van der Waals surface area contributed by atoms with Crippen LogP contribution in [-0.2, 0) is 5.60 Å². The minimum Gasteiger partial charge on any atom is -0.379 e. The van der Waals surface area contributed by atoms with E-state index >= 15 is 0 Å². The summed E-state index contributed by atoms with van der Waals surface area (Å²) in [6.45, 7) is 2.15. The van der Waals surface area contributed by atoms with Crippen LogP contribution in [0.3, 0.4) is 0 Å². The highest BCUT2D eigenvalue weighted by Gasteiger charge is 2.35. The summed E-state index contributed by atoms with van der Waals surface area (Å²) in [5, 5.41) is 15.2. The third kappa shape index (κ3) is 2.67. The summed E-state index contributed by atoms with van der Waals surface area (Å²) < 4.78 is 0. The Balaban J connectivity index is 2.35. The molecule has 0 spiro atoms. The van der Waals surface area contributed by atoms with Crippen LogP contribution in [0.5, 0.6) is 0 Å². The van der Waals surface area contributed by atoms with Crippen LogP contribution in [0.2, 0.25) is 0 Å². The summed E-state index contributed by atoms with van der Waals surface area (Å²) >= 11 is 3.24.